The van der Waals surface area contributed by atoms with Gasteiger partial charge in [0.25, 0.3) is 5.91 Å². The van der Waals surface area contributed by atoms with Gasteiger partial charge in [-0.3, -0.25) is 4.79 Å². The molecule has 1 aliphatic rings. The van der Waals surface area contributed by atoms with E-state index in [4.69, 9.17) is 0 Å². The van der Waals surface area contributed by atoms with Crippen molar-refractivity contribution in [1.82, 2.24) is 4.59 Å². The van der Waals surface area contributed by atoms with Gasteiger partial charge in [-0.1, -0.05) is 56.2 Å². The summed E-state index contributed by atoms with van der Waals surface area (Å²) < 4.78 is -0.127. The van der Waals surface area contributed by atoms with Gasteiger partial charge in [0, 0.05) is 12.1 Å². The Morgan fingerprint density at radius 3 is 2.08 bits per heavy atom. The Morgan fingerprint density at radius 2 is 1.52 bits per heavy atom. The number of benzene rings is 2. The van der Waals surface area contributed by atoms with E-state index in [0.717, 1.165) is 24.2 Å². The number of carbonyl (C=O) groups is 2. The molecule has 0 saturated carbocycles. The van der Waals surface area contributed by atoms with Crippen LogP contribution in [0.4, 0.5) is 11.4 Å². The molecule has 0 aliphatic carbocycles. The standard InChI is InChI=1S/C20H23N2O2.ClH/c1-3-4-15-18-19(23)21(16-11-7-5-8-12-16)22(2,20(18)24)17-13-9-6-10-14-17;/h5-14,18H,3-4,15H2,1-2H3;1H/q+1;/p-1. The Labute approximate surface area is 155 Å². The zero-order valence-corrected chi connectivity index (χ0v) is 15.3. The molecule has 1 saturated heterocycles. The summed E-state index contributed by atoms with van der Waals surface area (Å²) in [6.07, 6.45) is 2.45. The van der Waals surface area contributed by atoms with Crippen LogP contribution in [-0.4, -0.2) is 18.9 Å². The van der Waals surface area contributed by atoms with Crippen LogP contribution in [0.5, 0.6) is 0 Å². The maximum atomic E-state index is 13.2. The van der Waals surface area contributed by atoms with E-state index in [1.54, 1.807) is 5.01 Å². The van der Waals surface area contributed by atoms with Crippen molar-refractivity contribution in [3.63, 3.8) is 0 Å². The summed E-state index contributed by atoms with van der Waals surface area (Å²) >= 11 is 0. The Balaban J connectivity index is 0.00000225. The molecule has 5 heteroatoms. The Bertz CT molecular complexity index is 736. The number of quaternary nitrogens is 1. The van der Waals surface area contributed by atoms with Crippen LogP contribution in [0.2, 0.25) is 0 Å². The molecule has 2 amide bonds. The van der Waals surface area contributed by atoms with Gasteiger partial charge in [-0.2, -0.15) is 0 Å². The fraction of sp³-hybridized carbons (Fsp3) is 0.300. The summed E-state index contributed by atoms with van der Waals surface area (Å²) in [5, 5.41) is 1.64. The second-order valence-corrected chi connectivity index (χ2v) is 6.31. The van der Waals surface area contributed by atoms with Gasteiger partial charge in [0.1, 0.15) is 7.05 Å². The highest BCUT2D eigenvalue weighted by atomic mass is 35.5. The van der Waals surface area contributed by atoms with Gasteiger partial charge in [-0.05, 0) is 18.6 Å². The van der Waals surface area contributed by atoms with E-state index in [0.29, 0.717) is 6.42 Å². The number of amides is 2. The second-order valence-electron chi connectivity index (χ2n) is 6.31. The molecule has 1 aliphatic heterocycles. The smallest absolute Gasteiger partial charge is 0.356 e. The first-order valence-corrected chi connectivity index (χ1v) is 8.46. The molecule has 2 unspecified atom stereocenters. The summed E-state index contributed by atoms with van der Waals surface area (Å²) in [6, 6.07) is 19.0. The first kappa shape index (κ1) is 19.2. The SMILES string of the molecule is CCCCC1C(=O)N(c2ccccc2)[N+](C)(c2ccccc2)C1=O.[Cl-]. The van der Waals surface area contributed by atoms with Crippen molar-refractivity contribution in [2.24, 2.45) is 5.92 Å². The van der Waals surface area contributed by atoms with Crippen molar-refractivity contribution in [2.45, 2.75) is 26.2 Å². The van der Waals surface area contributed by atoms with Crippen LogP contribution < -0.4 is 22.0 Å². The molecule has 0 radical (unpaired) electrons. The van der Waals surface area contributed by atoms with Crippen LogP contribution in [0.15, 0.2) is 60.7 Å². The first-order chi connectivity index (χ1) is 11.6. The number of nitrogens with zero attached hydrogens (tertiary/aromatic N) is 2. The van der Waals surface area contributed by atoms with Crippen molar-refractivity contribution >= 4 is 23.2 Å². The topological polar surface area (TPSA) is 37.4 Å². The third-order valence-electron chi connectivity index (χ3n) is 4.74. The number of anilines is 1. The van der Waals surface area contributed by atoms with Gasteiger partial charge in [0.2, 0.25) is 0 Å². The molecule has 2 aromatic rings. The van der Waals surface area contributed by atoms with E-state index >= 15 is 0 Å². The fourth-order valence-electron chi connectivity index (χ4n) is 3.40. The molecule has 0 aromatic heterocycles. The van der Waals surface area contributed by atoms with Gasteiger partial charge < -0.3 is 12.4 Å². The predicted molar refractivity (Wildman–Crippen MR) is 96.1 cm³/mol. The molecule has 4 nitrogen and oxygen atoms in total. The molecule has 132 valence electrons. The number of unbranched alkanes of at least 4 members (excludes halogenated alkanes) is 1. The van der Waals surface area contributed by atoms with Crippen molar-refractivity contribution in [2.75, 3.05) is 12.1 Å². The van der Waals surface area contributed by atoms with Crippen LogP contribution in [-0.2, 0) is 9.59 Å². The number of halogens is 1. The molecule has 1 heterocycles. The van der Waals surface area contributed by atoms with E-state index in [1.807, 2.05) is 67.7 Å². The monoisotopic (exact) mass is 358 g/mol. The summed E-state index contributed by atoms with van der Waals surface area (Å²) in [6.45, 7) is 2.07. The van der Waals surface area contributed by atoms with Crippen LogP contribution in [0.3, 0.4) is 0 Å². The average molecular weight is 359 g/mol. The summed E-state index contributed by atoms with van der Waals surface area (Å²) in [5.41, 5.74) is 1.56. The molecule has 2 aromatic carbocycles. The maximum absolute atomic E-state index is 13.2. The molecule has 2 atom stereocenters. The zero-order chi connectivity index (χ0) is 17.2. The van der Waals surface area contributed by atoms with Gasteiger partial charge in [-0.15, -0.1) is 9.60 Å². The number of para-hydroxylation sites is 2. The molecule has 25 heavy (non-hydrogen) atoms. The second kappa shape index (κ2) is 7.81. The Hall–Kier alpha value is -2.17. The third kappa shape index (κ3) is 3.20. The zero-order valence-electron chi connectivity index (χ0n) is 14.6. The minimum absolute atomic E-state index is 0. The average Bonchev–Trinajstić information content (AvgIpc) is 2.82. The van der Waals surface area contributed by atoms with Gasteiger partial charge in [-0.25, -0.2) is 4.79 Å². The predicted octanol–water partition coefficient (Wildman–Crippen LogP) is 0.922. The molecule has 0 spiro atoms. The maximum Gasteiger partial charge on any atom is 0.356 e. The summed E-state index contributed by atoms with van der Waals surface area (Å²) in [7, 11) is 1.81. The minimum Gasteiger partial charge on any atom is -1.00 e. The van der Waals surface area contributed by atoms with Gasteiger partial charge >= 0.3 is 5.91 Å². The van der Waals surface area contributed by atoms with E-state index < -0.39 is 5.92 Å². The van der Waals surface area contributed by atoms with Crippen molar-refractivity contribution in [3.8, 4) is 0 Å². The van der Waals surface area contributed by atoms with Crippen LogP contribution in [0.1, 0.15) is 26.2 Å². The summed E-state index contributed by atoms with van der Waals surface area (Å²) in [5.74, 6) is -0.732. The fourth-order valence-corrected chi connectivity index (χ4v) is 3.40. The van der Waals surface area contributed by atoms with Crippen molar-refractivity contribution in [1.29, 1.82) is 0 Å². The number of carbonyl (C=O) groups excluding carboxylic acids is 2. The molecule has 1 fully saturated rings. The largest absolute Gasteiger partial charge is 1.00 e. The third-order valence-corrected chi connectivity index (χ3v) is 4.74. The molecule has 0 N–H and O–H groups in total. The first-order valence-electron chi connectivity index (χ1n) is 8.46. The highest BCUT2D eigenvalue weighted by Crippen LogP contribution is 2.38. The van der Waals surface area contributed by atoms with Gasteiger partial charge in [0.05, 0.1) is 5.69 Å². The van der Waals surface area contributed by atoms with E-state index in [-0.39, 0.29) is 28.8 Å². The van der Waals surface area contributed by atoms with E-state index in [1.165, 1.54) is 0 Å². The van der Waals surface area contributed by atoms with Gasteiger partial charge in [0.15, 0.2) is 11.6 Å². The quantitative estimate of drug-likeness (QED) is 0.589. The molecular weight excluding hydrogens is 336 g/mol. The Kier molecular flexibility index (Phi) is 5.98. The number of hydrogen-bond acceptors (Lipinski definition) is 2. The summed E-state index contributed by atoms with van der Waals surface area (Å²) in [4.78, 5) is 26.3. The van der Waals surface area contributed by atoms with Crippen molar-refractivity contribution < 1.29 is 22.0 Å². The number of rotatable bonds is 5. The van der Waals surface area contributed by atoms with Crippen LogP contribution in [0.25, 0.3) is 0 Å². The highest BCUT2D eigenvalue weighted by Gasteiger charge is 2.59. The normalized spacial score (nSPS) is 22.8. The van der Waals surface area contributed by atoms with Crippen LogP contribution >= 0.6 is 0 Å². The number of hydrogen-bond donors (Lipinski definition) is 0. The lowest BCUT2D eigenvalue weighted by Crippen LogP contribution is -3.00. The molecular formula is C20H23ClN2O2. The lowest BCUT2D eigenvalue weighted by atomic mass is 10.0. The lowest BCUT2D eigenvalue weighted by Gasteiger charge is -2.33. The Morgan fingerprint density at radius 1 is 0.960 bits per heavy atom. The van der Waals surface area contributed by atoms with E-state index in [9.17, 15) is 9.59 Å². The van der Waals surface area contributed by atoms with Crippen LogP contribution in [0, 0.1) is 5.92 Å². The van der Waals surface area contributed by atoms with Crippen molar-refractivity contribution in [3.05, 3.63) is 60.7 Å². The molecule has 3 rings (SSSR count). The minimum atomic E-state index is -0.574. The lowest BCUT2D eigenvalue weighted by molar-refractivity contribution is -0.131. The highest BCUT2D eigenvalue weighted by molar-refractivity contribution is 6.19. The molecule has 0 bridgehead atoms. The van der Waals surface area contributed by atoms with E-state index in [2.05, 4.69) is 6.92 Å².